The van der Waals surface area contributed by atoms with E-state index in [1.54, 1.807) is 6.20 Å². The van der Waals surface area contributed by atoms with Crippen LogP contribution < -0.4 is 0 Å². The number of nitrogens with zero attached hydrogens (tertiary/aromatic N) is 1. The van der Waals surface area contributed by atoms with E-state index in [1.165, 1.54) is 25.5 Å². The van der Waals surface area contributed by atoms with Crippen molar-refractivity contribution in [3.63, 3.8) is 0 Å². The first-order valence-corrected chi connectivity index (χ1v) is 10.5. The van der Waals surface area contributed by atoms with Crippen LogP contribution in [0.2, 0.25) is 0 Å². The maximum atomic E-state index is 10.0. The van der Waals surface area contributed by atoms with Gasteiger partial charge in [-0.3, -0.25) is 4.79 Å². The minimum absolute atomic E-state index is 0. The smallest absolute Gasteiger partial charge is 0.155 e. The first kappa shape index (κ1) is 26.2. The second-order valence-electron chi connectivity index (χ2n) is 8.72. The summed E-state index contributed by atoms with van der Waals surface area (Å²) in [5.41, 5.74) is 5.24. The molecule has 2 heterocycles. The van der Waals surface area contributed by atoms with Gasteiger partial charge in [0.05, 0.1) is 12.0 Å². The van der Waals surface area contributed by atoms with Crippen molar-refractivity contribution in [2.75, 3.05) is 0 Å². The van der Waals surface area contributed by atoms with Crippen LogP contribution in [0, 0.1) is 6.07 Å². The molecule has 1 radical (unpaired) electrons. The van der Waals surface area contributed by atoms with E-state index >= 15 is 0 Å². The van der Waals surface area contributed by atoms with Gasteiger partial charge in [0, 0.05) is 37.1 Å². The molecule has 0 aliphatic carbocycles. The minimum atomic E-state index is -0.125. The standard InChI is InChI=1S/C23H20NO.C5H8O2.Ir/c1-23(2,3)19-11-9-17(10-12-19)21-14-18-13-20(24-15-22(18)25-21)16-7-5-4-6-8-16;1-4(6)3-5(2)7;/h4-7,9-15H,1-3H3;3,6H,1-2H3;/q-1;;/b;4-3-;. The largest absolute Gasteiger partial charge is 0.512 e. The maximum Gasteiger partial charge on any atom is 0.155 e. The van der Waals surface area contributed by atoms with Gasteiger partial charge in [-0.15, -0.1) is 35.9 Å². The van der Waals surface area contributed by atoms with Gasteiger partial charge in [-0.05, 0) is 36.6 Å². The average Bonchev–Trinajstić information content (AvgIpc) is 3.17. The van der Waals surface area contributed by atoms with E-state index in [9.17, 15) is 4.79 Å². The molecule has 0 spiro atoms. The van der Waals surface area contributed by atoms with Crippen LogP contribution >= 0.6 is 0 Å². The van der Waals surface area contributed by atoms with E-state index in [4.69, 9.17) is 9.52 Å². The Kier molecular flexibility index (Phi) is 8.92. The molecule has 5 heteroatoms. The molecule has 173 valence electrons. The van der Waals surface area contributed by atoms with Gasteiger partial charge >= 0.3 is 0 Å². The number of aliphatic hydroxyl groups excluding tert-OH is 1. The van der Waals surface area contributed by atoms with Crippen LogP contribution in [0.5, 0.6) is 0 Å². The molecule has 0 unspecified atom stereocenters. The number of aliphatic hydroxyl groups is 1. The predicted molar refractivity (Wildman–Crippen MR) is 129 cm³/mol. The second kappa shape index (κ2) is 11.2. The zero-order valence-electron chi connectivity index (χ0n) is 19.5. The Hall–Kier alpha value is -3.01. The van der Waals surface area contributed by atoms with Gasteiger partial charge < -0.3 is 14.5 Å². The van der Waals surface area contributed by atoms with Crippen molar-refractivity contribution in [3.8, 4) is 22.6 Å². The first-order chi connectivity index (χ1) is 15.1. The Labute approximate surface area is 208 Å². The number of rotatable bonds is 3. The predicted octanol–water partition coefficient (Wildman–Crippen LogP) is 7.29. The van der Waals surface area contributed by atoms with E-state index in [0.717, 1.165) is 33.6 Å². The molecule has 0 aliphatic rings. The SMILES string of the molecule is CC(=O)/C=C(/C)O.CC(C)(C)c1ccc(-c2cc3cc(-c4[c-]cccc4)ncc3o2)cc1.[Ir]. The molecule has 33 heavy (non-hydrogen) atoms. The molecule has 0 aliphatic heterocycles. The van der Waals surface area contributed by atoms with Gasteiger partial charge in [0.2, 0.25) is 0 Å². The molecule has 4 rings (SSSR count). The number of pyridine rings is 1. The molecule has 2 aromatic heterocycles. The fourth-order valence-electron chi connectivity index (χ4n) is 3.22. The summed E-state index contributed by atoms with van der Waals surface area (Å²) in [7, 11) is 0. The van der Waals surface area contributed by atoms with Crippen molar-refractivity contribution in [2.45, 2.75) is 40.0 Å². The summed E-state index contributed by atoms with van der Waals surface area (Å²) in [6.45, 7) is 9.51. The van der Waals surface area contributed by atoms with Crippen molar-refractivity contribution >= 4 is 16.8 Å². The summed E-state index contributed by atoms with van der Waals surface area (Å²) in [5, 5.41) is 9.42. The zero-order valence-corrected chi connectivity index (χ0v) is 21.9. The number of furan rings is 1. The fourth-order valence-corrected chi connectivity index (χ4v) is 3.22. The Morgan fingerprint density at radius 1 is 1.06 bits per heavy atom. The third-order valence-electron chi connectivity index (χ3n) is 4.84. The van der Waals surface area contributed by atoms with Crippen molar-refractivity contribution in [1.82, 2.24) is 4.98 Å². The van der Waals surface area contributed by atoms with Crippen molar-refractivity contribution in [1.29, 1.82) is 0 Å². The first-order valence-electron chi connectivity index (χ1n) is 10.5. The monoisotopic (exact) mass is 619 g/mol. The minimum Gasteiger partial charge on any atom is -0.512 e. The number of carbonyl (C=O) groups is 1. The number of aromatic nitrogens is 1. The average molecular weight is 619 g/mol. The molecule has 0 bridgehead atoms. The third kappa shape index (κ3) is 7.24. The number of ketones is 1. The van der Waals surface area contributed by atoms with E-state index in [-0.39, 0.29) is 37.1 Å². The quantitative estimate of drug-likeness (QED) is 0.149. The summed E-state index contributed by atoms with van der Waals surface area (Å²) in [4.78, 5) is 14.5. The van der Waals surface area contributed by atoms with Gasteiger partial charge in [-0.1, -0.05) is 51.1 Å². The Morgan fingerprint density at radius 3 is 2.27 bits per heavy atom. The van der Waals surface area contributed by atoms with Crippen molar-refractivity contribution in [2.24, 2.45) is 0 Å². The Balaban J connectivity index is 0.000000423. The molecule has 0 fully saturated rings. The summed E-state index contributed by atoms with van der Waals surface area (Å²) >= 11 is 0. The van der Waals surface area contributed by atoms with Crippen LogP contribution in [0.25, 0.3) is 33.6 Å². The summed E-state index contributed by atoms with van der Waals surface area (Å²) in [6, 6.07) is 23.8. The van der Waals surface area contributed by atoms with Gasteiger partial charge in [-0.25, -0.2) is 0 Å². The van der Waals surface area contributed by atoms with Crippen LogP contribution in [0.15, 0.2) is 83.1 Å². The van der Waals surface area contributed by atoms with Crippen LogP contribution in [0.3, 0.4) is 0 Å². The number of carbonyl (C=O) groups excluding carboxylic acids is 1. The molecule has 1 N–H and O–H groups in total. The third-order valence-corrected chi connectivity index (χ3v) is 4.84. The molecule has 0 amide bonds. The van der Waals surface area contributed by atoms with Gasteiger partial charge in [0.15, 0.2) is 11.4 Å². The number of benzene rings is 2. The topological polar surface area (TPSA) is 63.3 Å². The second-order valence-corrected chi connectivity index (χ2v) is 8.72. The molecule has 2 aromatic carbocycles. The summed E-state index contributed by atoms with van der Waals surface area (Å²) < 4.78 is 6.00. The summed E-state index contributed by atoms with van der Waals surface area (Å²) in [6.07, 6.45) is 2.96. The number of fused-ring (bicyclic) bond motifs is 1. The molecular weight excluding hydrogens is 591 g/mol. The maximum absolute atomic E-state index is 10.0. The molecule has 4 aromatic rings. The van der Waals surface area contributed by atoms with E-state index < -0.39 is 0 Å². The van der Waals surface area contributed by atoms with Crippen molar-refractivity contribution < 1.29 is 34.4 Å². The fraction of sp³-hybridized carbons (Fsp3) is 0.214. The van der Waals surface area contributed by atoms with Gasteiger partial charge in [-0.2, -0.15) is 0 Å². The van der Waals surface area contributed by atoms with E-state index in [0.29, 0.717) is 0 Å². The van der Waals surface area contributed by atoms with Crippen LogP contribution in [0.4, 0.5) is 0 Å². The van der Waals surface area contributed by atoms with Crippen LogP contribution in [-0.2, 0) is 30.3 Å². The van der Waals surface area contributed by atoms with Crippen molar-refractivity contribution in [3.05, 3.63) is 90.3 Å². The van der Waals surface area contributed by atoms with Crippen LogP contribution in [-0.4, -0.2) is 15.9 Å². The molecule has 0 atom stereocenters. The Morgan fingerprint density at radius 2 is 1.76 bits per heavy atom. The van der Waals surface area contributed by atoms with Gasteiger partial charge in [0.25, 0.3) is 0 Å². The molecular formula is C28H28IrNO3-. The van der Waals surface area contributed by atoms with E-state index in [1.807, 2.05) is 24.3 Å². The number of hydrogen-bond donors (Lipinski definition) is 1. The summed E-state index contributed by atoms with van der Waals surface area (Å²) in [5.74, 6) is 0.805. The van der Waals surface area contributed by atoms with Crippen LogP contribution in [0.1, 0.15) is 40.2 Å². The number of hydrogen-bond acceptors (Lipinski definition) is 4. The molecule has 4 nitrogen and oxygen atoms in total. The van der Waals surface area contributed by atoms with E-state index in [2.05, 4.69) is 68.2 Å². The zero-order chi connectivity index (χ0) is 23.3. The number of allylic oxidation sites excluding steroid dienone is 2. The normalized spacial score (nSPS) is 11.4. The molecule has 0 saturated carbocycles. The van der Waals surface area contributed by atoms with Gasteiger partial charge in [0.1, 0.15) is 5.76 Å². The Bertz CT molecular complexity index is 1230. The molecule has 0 saturated heterocycles.